The van der Waals surface area contributed by atoms with E-state index in [-0.39, 0.29) is 26.4 Å². The second-order valence-corrected chi connectivity index (χ2v) is 9.06. The predicted octanol–water partition coefficient (Wildman–Crippen LogP) is -4.56. The molecule has 2 fully saturated rings. The first-order valence-corrected chi connectivity index (χ1v) is 13.5. The second-order valence-electron chi connectivity index (χ2n) is 9.06. The monoisotopic (exact) mass is 604 g/mol. The van der Waals surface area contributed by atoms with E-state index in [0.29, 0.717) is 59.5 Å². The third kappa shape index (κ3) is 13.2. The maximum absolute atomic E-state index is 10.6. The van der Waals surface area contributed by atoms with Gasteiger partial charge in [0.05, 0.1) is 92.5 Å². The largest absolute Gasteiger partial charge is 0.394 e. The van der Waals surface area contributed by atoms with Crippen LogP contribution in [-0.2, 0) is 47.5 Å². The smallest absolute Gasteiger partial charge is 0.187 e. The van der Waals surface area contributed by atoms with Crippen molar-refractivity contribution in [2.45, 2.75) is 55.1 Å². The van der Waals surface area contributed by atoms with Crippen LogP contribution in [-0.4, -0.2) is 178 Å². The Morgan fingerprint density at radius 3 is 1.61 bits per heavy atom. The van der Waals surface area contributed by atoms with E-state index in [1.807, 2.05) is 0 Å². The summed E-state index contributed by atoms with van der Waals surface area (Å²) in [6, 6.07) is 0. The summed E-state index contributed by atoms with van der Waals surface area (Å²) in [5.41, 5.74) is 0. The van der Waals surface area contributed by atoms with Crippen LogP contribution in [0.25, 0.3) is 0 Å². The Morgan fingerprint density at radius 2 is 1.12 bits per heavy atom. The quantitative estimate of drug-likeness (QED) is 0.0429. The van der Waals surface area contributed by atoms with Crippen LogP contribution in [0.2, 0.25) is 0 Å². The first kappa shape index (κ1) is 36.5. The van der Waals surface area contributed by atoms with E-state index in [1.54, 1.807) is 0 Å². The van der Waals surface area contributed by atoms with Crippen LogP contribution in [0.5, 0.6) is 0 Å². The topological polar surface area (TPSA) is 240 Å². The van der Waals surface area contributed by atoms with Crippen molar-refractivity contribution >= 4 is 0 Å². The molecule has 1 radical (unpaired) electrons. The van der Waals surface area contributed by atoms with Crippen molar-refractivity contribution in [3.8, 4) is 0 Å². The number of aliphatic hydroxyl groups is 6. The Morgan fingerprint density at radius 1 is 0.610 bits per heavy atom. The number of nitrogens with two attached hydrogens (primary N) is 1. The van der Waals surface area contributed by atoms with Crippen molar-refractivity contribution in [2.24, 2.45) is 5.90 Å². The molecule has 9 atom stereocenters. The second kappa shape index (κ2) is 21.9. The number of hydrogen-bond donors (Lipinski definition) is 7. The van der Waals surface area contributed by atoms with Crippen LogP contribution in [0.15, 0.2) is 0 Å². The summed E-state index contributed by atoms with van der Waals surface area (Å²) in [6.07, 6.45) is -12.0. The van der Waals surface area contributed by atoms with Gasteiger partial charge < -0.3 is 73.3 Å². The number of ether oxygens (including phenoxy) is 9. The van der Waals surface area contributed by atoms with Gasteiger partial charge in [-0.15, -0.1) is 0 Å². The summed E-state index contributed by atoms with van der Waals surface area (Å²) >= 11 is 0. The molecule has 0 aromatic carbocycles. The molecule has 8 N–H and O–H groups in total. The number of rotatable bonds is 23. The van der Waals surface area contributed by atoms with Crippen LogP contribution < -0.4 is 5.90 Å². The lowest BCUT2D eigenvalue weighted by molar-refractivity contribution is -0.334. The van der Waals surface area contributed by atoms with Crippen LogP contribution in [0, 0.1) is 6.61 Å². The Bertz CT molecular complexity index is 636. The zero-order valence-electron chi connectivity index (χ0n) is 23.0. The zero-order valence-corrected chi connectivity index (χ0v) is 23.0. The molecular formula is C24H46NO16. The molecule has 2 aliphatic heterocycles. The first-order chi connectivity index (χ1) is 19.9. The van der Waals surface area contributed by atoms with Crippen LogP contribution in [0.4, 0.5) is 0 Å². The lowest BCUT2D eigenvalue weighted by atomic mass is 9.97. The molecule has 0 amide bonds. The molecule has 0 saturated carbocycles. The molecular weight excluding hydrogens is 558 g/mol. The number of aliphatic hydroxyl groups excluding tert-OH is 6. The molecule has 2 rings (SSSR count). The highest BCUT2D eigenvalue weighted by Gasteiger charge is 2.49. The van der Waals surface area contributed by atoms with Crippen molar-refractivity contribution in [3.05, 3.63) is 6.61 Å². The molecule has 0 spiro atoms. The van der Waals surface area contributed by atoms with Crippen molar-refractivity contribution in [1.29, 1.82) is 0 Å². The molecule has 17 nitrogen and oxygen atoms in total. The van der Waals surface area contributed by atoms with E-state index in [1.165, 1.54) is 6.61 Å². The molecule has 2 heterocycles. The normalized spacial score (nSPS) is 32.4. The van der Waals surface area contributed by atoms with Gasteiger partial charge in [0.2, 0.25) is 0 Å². The minimum atomic E-state index is -1.67. The van der Waals surface area contributed by atoms with E-state index in [2.05, 4.69) is 4.84 Å². The maximum atomic E-state index is 10.6. The summed E-state index contributed by atoms with van der Waals surface area (Å²) in [6.45, 7) is 4.50. The van der Waals surface area contributed by atoms with Crippen molar-refractivity contribution in [1.82, 2.24) is 0 Å². The fourth-order valence-corrected chi connectivity index (χ4v) is 3.86. The molecule has 0 bridgehead atoms. The lowest BCUT2D eigenvalue weighted by Gasteiger charge is -2.44. The van der Waals surface area contributed by atoms with Gasteiger partial charge in [0.15, 0.2) is 6.29 Å². The van der Waals surface area contributed by atoms with Gasteiger partial charge in [-0.2, -0.15) is 0 Å². The fourth-order valence-electron chi connectivity index (χ4n) is 3.86. The Kier molecular flexibility index (Phi) is 19.5. The van der Waals surface area contributed by atoms with Crippen molar-refractivity contribution in [3.63, 3.8) is 0 Å². The van der Waals surface area contributed by atoms with Gasteiger partial charge in [0, 0.05) is 0 Å². The standard InChI is InChI=1S/C24H46NO16/c25-41-17-15-38-18(23(20(17)29)40-24-22(31)21(30)19(28)16(13-27)39-24)14-37-12-11-36-10-9-35-8-7-34-6-5-33-4-3-32-2-1-26/h15-24,26-31H,1-14,25H2/t16-,17+,18-,19-,20-,21+,22-,23-,24-/m1/s1. The van der Waals surface area contributed by atoms with Crippen molar-refractivity contribution in [2.75, 3.05) is 92.5 Å². The summed E-state index contributed by atoms with van der Waals surface area (Å²) in [7, 11) is 0. The van der Waals surface area contributed by atoms with Gasteiger partial charge in [0.1, 0.15) is 55.4 Å². The fraction of sp³-hybridized carbons (Fsp3) is 0.958. The highest BCUT2D eigenvalue weighted by molar-refractivity contribution is 4.96. The van der Waals surface area contributed by atoms with Gasteiger partial charge in [-0.3, -0.25) is 4.84 Å². The first-order valence-electron chi connectivity index (χ1n) is 13.5. The van der Waals surface area contributed by atoms with E-state index in [9.17, 15) is 25.5 Å². The highest BCUT2D eigenvalue weighted by Crippen LogP contribution is 2.29. The molecule has 0 aliphatic carbocycles. The maximum Gasteiger partial charge on any atom is 0.187 e. The Balaban J connectivity index is 1.57. The van der Waals surface area contributed by atoms with Gasteiger partial charge in [-0.1, -0.05) is 0 Å². The molecule has 0 aromatic heterocycles. The third-order valence-electron chi connectivity index (χ3n) is 6.10. The van der Waals surface area contributed by atoms with Gasteiger partial charge in [-0.25, -0.2) is 5.90 Å². The zero-order chi connectivity index (χ0) is 29.9. The average Bonchev–Trinajstić information content (AvgIpc) is 2.98. The predicted molar refractivity (Wildman–Crippen MR) is 135 cm³/mol. The minimum absolute atomic E-state index is 0.00894. The van der Waals surface area contributed by atoms with E-state index in [4.69, 9.17) is 53.6 Å². The Labute approximate surface area is 238 Å². The molecule has 17 heteroatoms. The Hall–Kier alpha value is -0.680. The van der Waals surface area contributed by atoms with Crippen molar-refractivity contribution < 1.29 is 78.1 Å². The minimum Gasteiger partial charge on any atom is -0.394 e. The molecule has 2 saturated heterocycles. The van der Waals surface area contributed by atoms with E-state index >= 15 is 0 Å². The number of hydrogen-bond acceptors (Lipinski definition) is 17. The highest BCUT2D eigenvalue weighted by atomic mass is 16.7. The summed E-state index contributed by atoms with van der Waals surface area (Å²) < 4.78 is 48.8. The van der Waals surface area contributed by atoms with Gasteiger partial charge in [0.25, 0.3) is 0 Å². The van der Waals surface area contributed by atoms with Gasteiger partial charge in [-0.05, 0) is 0 Å². The SMILES string of the molecule is NO[C@H]1[CH]O[C@H](COCCOCCOCCOCCOCCOCCO)[C@@H](O[C@H]2O[C@H](CO)[C@@H](O)[C@H](O)[C@H]2O)[C@@H]1O. The van der Waals surface area contributed by atoms with Crippen LogP contribution >= 0.6 is 0 Å². The summed E-state index contributed by atoms with van der Waals surface area (Å²) in [5, 5.41) is 58.9. The molecule has 0 aromatic rings. The summed E-state index contributed by atoms with van der Waals surface area (Å²) in [4.78, 5) is 4.68. The molecule has 243 valence electrons. The summed E-state index contributed by atoms with van der Waals surface area (Å²) in [5.74, 6) is 5.20. The van der Waals surface area contributed by atoms with Gasteiger partial charge >= 0.3 is 0 Å². The third-order valence-corrected chi connectivity index (χ3v) is 6.10. The van der Waals surface area contributed by atoms with E-state index < -0.39 is 61.7 Å². The molecule has 41 heavy (non-hydrogen) atoms. The molecule has 2 aliphatic rings. The van der Waals surface area contributed by atoms with E-state index in [0.717, 1.165) is 0 Å². The lowest BCUT2D eigenvalue weighted by Crippen LogP contribution is -2.63. The van der Waals surface area contributed by atoms with Crippen LogP contribution in [0.1, 0.15) is 0 Å². The average molecular weight is 605 g/mol. The van der Waals surface area contributed by atoms with Crippen LogP contribution in [0.3, 0.4) is 0 Å². The molecule has 0 unspecified atom stereocenters.